The van der Waals surface area contributed by atoms with Gasteiger partial charge in [-0.25, -0.2) is 4.57 Å². The Morgan fingerprint density at radius 3 is 1.00 bits per heavy atom. The van der Waals surface area contributed by atoms with Crippen LogP contribution in [0.5, 0.6) is 0 Å². The Bertz CT molecular complexity index is 122. The average Bonchev–Trinajstić information content (AvgIpc) is 1.12. The third kappa shape index (κ3) is 1350. The van der Waals surface area contributed by atoms with Crippen molar-refractivity contribution in [1.82, 2.24) is 0 Å². The number of hydrogen-bond donors (Lipinski definition) is 6. The molecular formula is H6O8PSb. The first-order chi connectivity index (χ1) is 4.00. The summed E-state index contributed by atoms with van der Waals surface area (Å²) in [5, 5.41) is 0. The fourth-order valence-corrected chi connectivity index (χ4v) is 0. The zero-order valence-electron chi connectivity index (χ0n) is 4.39. The van der Waals surface area contributed by atoms with Gasteiger partial charge in [-0.1, -0.05) is 0 Å². The molecule has 0 heterocycles. The summed E-state index contributed by atoms with van der Waals surface area (Å²) in [4.78, 5) is 21.6. The summed E-state index contributed by atoms with van der Waals surface area (Å²) in [6.45, 7) is 0. The Balaban J connectivity index is 0. The molecule has 0 amide bonds. The van der Waals surface area contributed by atoms with Gasteiger partial charge in [0.2, 0.25) is 0 Å². The zero-order chi connectivity index (χ0) is 9.00. The molecule has 8 nitrogen and oxygen atoms in total. The molecule has 64 valence electrons. The van der Waals surface area contributed by atoms with Gasteiger partial charge in [0, 0.05) is 0 Å². The van der Waals surface area contributed by atoms with E-state index in [2.05, 4.69) is 0 Å². The SMILES string of the molecule is O=P(O)(O)O.[O]=[Sb]([OH])([OH])[OH]. The van der Waals surface area contributed by atoms with Crippen molar-refractivity contribution in [2.24, 2.45) is 0 Å². The molecule has 0 radical (unpaired) electrons. The molecule has 10 heteroatoms. The fraction of sp³-hybridized carbons (Fsp3) is 0. The maximum absolute atomic E-state index is 8.97. The van der Waals surface area contributed by atoms with Gasteiger partial charge in [-0.15, -0.1) is 0 Å². The van der Waals surface area contributed by atoms with E-state index >= 15 is 0 Å². The second-order valence-corrected chi connectivity index (χ2v) is 4.98. The van der Waals surface area contributed by atoms with Crippen molar-refractivity contribution in [3.63, 3.8) is 0 Å². The Hall–Kier alpha value is 0.608. The Labute approximate surface area is 60.7 Å². The maximum atomic E-state index is 8.97. The molecule has 0 saturated heterocycles. The van der Waals surface area contributed by atoms with Crippen LogP contribution in [0.15, 0.2) is 0 Å². The van der Waals surface area contributed by atoms with Crippen LogP contribution in [0, 0.1) is 0 Å². The molecule has 6 N–H and O–H groups in total. The van der Waals surface area contributed by atoms with Crippen LogP contribution in [0.4, 0.5) is 0 Å². The van der Waals surface area contributed by atoms with E-state index in [1.165, 1.54) is 0 Å². The molecule has 0 aliphatic rings. The van der Waals surface area contributed by atoms with Crippen LogP contribution in [0.1, 0.15) is 0 Å². The molecule has 0 bridgehead atoms. The van der Waals surface area contributed by atoms with Gasteiger partial charge in [-0.05, 0) is 0 Å². The first kappa shape index (κ1) is 13.2. The molecule has 0 atom stereocenters. The van der Waals surface area contributed by atoms with E-state index in [1.807, 2.05) is 0 Å². The summed E-state index contributed by atoms with van der Waals surface area (Å²) in [6, 6.07) is 0. The summed E-state index contributed by atoms with van der Waals surface area (Å²) in [5.74, 6) is 0. The summed E-state index contributed by atoms with van der Waals surface area (Å²) in [6.07, 6.45) is 0. The Morgan fingerprint density at radius 1 is 1.00 bits per heavy atom. The van der Waals surface area contributed by atoms with E-state index in [0.29, 0.717) is 0 Å². The van der Waals surface area contributed by atoms with Crippen LogP contribution < -0.4 is 0 Å². The monoisotopic (exact) mass is 286 g/mol. The molecule has 0 saturated carbocycles. The summed E-state index contributed by atoms with van der Waals surface area (Å²) in [7, 11) is -4.64. The minimum absolute atomic E-state index is 4.64. The number of hydrogen-bond acceptors (Lipinski definition) is 2. The fourth-order valence-electron chi connectivity index (χ4n) is 0. The van der Waals surface area contributed by atoms with E-state index in [9.17, 15) is 0 Å². The molecule has 10 heavy (non-hydrogen) atoms. The van der Waals surface area contributed by atoms with Crippen molar-refractivity contribution in [2.75, 3.05) is 0 Å². The summed E-state index contributed by atoms with van der Waals surface area (Å²) < 4.78 is 39.7. The standard InChI is InChI=1S/H3O4P.3H2O.O.Sb/c1-5(2,3)4;;;;;/h(H3,1,2,3,4);3*1H2;;/q;;;;;+3/p-3. The van der Waals surface area contributed by atoms with Gasteiger partial charge in [-0.2, -0.15) is 0 Å². The van der Waals surface area contributed by atoms with Crippen LogP contribution in [0.3, 0.4) is 0 Å². The predicted octanol–water partition coefficient (Wildman–Crippen LogP) is -3.10. The molecule has 0 aliphatic heterocycles. The van der Waals surface area contributed by atoms with Crippen LogP contribution >= 0.6 is 7.82 Å². The molecular weight excluding hydrogens is 281 g/mol. The van der Waals surface area contributed by atoms with Gasteiger partial charge >= 0.3 is 41.1 Å². The van der Waals surface area contributed by atoms with Gasteiger partial charge in [0.05, 0.1) is 0 Å². The van der Waals surface area contributed by atoms with E-state index in [-0.39, 0.29) is 0 Å². The third-order valence-electron chi connectivity index (χ3n) is 0. The molecule has 0 unspecified atom stereocenters. The van der Waals surface area contributed by atoms with Gasteiger partial charge in [-0.3, -0.25) is 0 Å². The van der Waals surface area contributed by atoms with Crippen molar-refractivity contribution in [3.05, 3.63) is 0 Å². The predicted molar refractivity (Wildman–Crippen MR) is 27.4 cm³/mol. The first-order valence-electron chi connectivity index (χ1n) is 1.57. The van der Waals surface area contributed by atoms with E-state index in [1.54, 1.807) is 0 Å². The van der Waals surface area contributed by atoms with Crippen molar-refractivity contribution in [2.45, 2.75) is 0 Å². The molecule has 0 rings (SSSR count). The normalized spacial score (nSPS) is 11.8. The van der Waals surface area contributed by atoms with Crippen molar-refractivity contribution in [1.29, 1.82) is 0 Å². The van der Waals surface area contributed by atoms with Crippen molar-refractivity contribution < 1.29 is 32.4 Å². The van der Waals surface area contributed by atoms with Crippen LogP contribution in [-0.4, -0.2) is 44.9 Å². The quantitative estimate of drug-likeness (QED) is 0.202. The molecule has 0 aromatic carbocycles. The second kappa shape index (κ2) is 4.48. The van der Waals surface area contributed by atoms with Gasteiger partial charge in [0.15, 0.2) is 0 Å². The van der Waals surface area contributed by atoms with Gasteiger partial charge < -0.3 is 14.7 Å². The summed E-state index contributed by atoms with van der Waals surface area (Å²) >= 11 is -5.35. The summed E-state index contributed by atoms with van der Waals surface area (Å²) in [5.41, 5.74) is 0. The Kier molecular flexibility index (Phi) is 5.92. The van der Waals surface area contributed by atoms with E-state index < -0.39 is 27.9 Å². The molecule has 0 aromatic rings. The Morgan fingerprint density at radius 2 is 1.00 bits per heavy atom. The van der Waals surface area contributed by atoms with Gasteiger partial charge in [0.1, 0.15) is 0 Å². The second-order valence-electron chi connectivity index (χ2n) is 1.03. The number of phosphoric acid groups is 1. The topological polar surface area (TPSA) is 156 Å². The van der Waals surface area contributed by atoms with Crippen LogP contribution in [-0.2, 0) is 7.58 Å². The average molecular weight is 287 g/mol. The molecule has 0 aliphatic carbocycles. The molecule has 0 fully saturated rings. The van der Waals surface area contributed by atoms with Crippen LogP contribution in [0.25, 0.3) is 0 Å². The van der Waals surface area contributed by atoms with E-state index in [4.69, 9.17) is 32.4 Å². The molecule has 0 spiro atoms. The zero-order valence-corrected chi connectivity index (χ0v) is 7.84. The van der Waals surface area contributed by atoms with Crippen molar-refractivity contribution >= 4 is 27.9 Å². The molecule has 0 aromatic heterocycles. The van der Waals surface area contributed by atoms with Gasteiger partial charge in [0.25, 0.3) is 0 Å². The third-order valence-corrected chi connectivity index (χ3v) is 0. The minimum atomic E-state index is -5.35. The number of rotatable bonds is 0. The first-order valence-corrected chi connectivity index (χ1v) is 7.60. The van der Waals surface area contributed by atoms with E-state index in [0.717, 1.165) is 0 Å². The van der Waals surface area contributed by atoms with Crippen LogP contribution in [0.2, 0.25) is 0 Å². The van der Waals surface area contributed by atoms with Crippen molar-refractivity contribution in [3.8, 4) is 0 Å².